The van der Waals surface area contributed by atoms with E-state index in [4.69, 9.17) is 15.2 Å². The van der Waals surface area contributed by atoms with Crippen molar-refractivity contribution in [2.24, 2.45) is 5.73 Å². The Balaban J connectivity index is 2.17. The van der Waals surface area contributed by atoms with E-state index in [-0.39, 0.29) is 6.04 Å². The first kappa shape index (κ1) is 13.2. The van der Waals surface area contributed by atoms with Crippen molar-refractivity contribution >= 4 is 0 Å². The fourth-order valence-corrected chi connectivity index (χ4v) is 2.48. The van der Waals surface area contributed by atoms with Gasteiger partial charge in [0.05, 0.1) is 13.2 Å². The van der Waals surface area contributed by atoms with Gasteiger partial charge in [-0.15, -0.1) is 0 Å². The smallest absolute Gasteiger partial charge is 0.128 e. The van der Waals surface area contributed by atoms with Crippen LogP contribution in [-0.2, 0) is 0 Å². The predicted molar refractivity (Wildman–Crippen MR) is 73.1 cm³/mol. The van der Waals surface area contributed by atoms with Gasteiger partial charge < -0.3 is 15.2 Å². The summed E-state index contributed by atoms with van der Waals surface area (Å²) in [6.07, 6.45) is 6.50. The molecule has 3 nitrogen and oxygen atoms in total. The summed E-state index contributed by atoms with van der Waals surface area (Å²) in [5.41, 5.74) is 7.05. The van der Waals surface area contributed by atoms with E-state index in [0.29, 0.717) is 6.10 Å². The molecule has 0 unspecified atom stereocenters. The largest absolute Gasteiger partial charge is 0.497 e. The molecular weight excluding hydrogens is 226 g/mol. The lowest BCUT2D eigenvalue weighted by atomic mass is 9.97. The van der Waals surface area contributed by atoms with Gasteiger partial charge in [-0.2, -0.15) is 0 Å². The molecule has 1 aromatic rings. The molecule has 1 fully saturated rings. The molecule has 0 radical (unpaired) electrons. The zero-order valence-electron chi connectivity index (χ0n) is 11.3. The summed E-state index contributed by atoms with van der Waals surface area (Å²) in [5.74, 6) is 1.71. The van der Waals surface area contributed by atoms with E-state index in [1.54, 1.807) is 7.11 Å². The monoisotopic (exact) mass is 249 g/mol. The van der Waals surface area contributed by atoms with Gasteiger partial charge in [0, 0.05) is 17.7 Å². The van der Waals surface area contributed by atoms with Gasteiger partial charge in [-0.1, -0.05) is 12.5 Å². The standard InChI is InChI=1S/C15H23NO2/c1-11(16)14-9-8-13(17-2)10-15(14)18-12-6-4-3-5-7-12/h8-12H,3-7,16H2,1-2H3/t11-/m1/s1. The molecule has 0 aliphatic heterocycles. The molecule has 1 aromatic carbocycles. The summed E-state index contributed by atoms with van der Waals surface area (Å²) in [5, 5.41) is 0. The number of hydrogen-bond donors (Lipinski definition) is 1. The third-order valence-corrected chi connectivity index (χ3v) is 3.56. The SMILES string of the molecule is COc1ccc([C@@H](C)N)c(OC2CCCCC2)c1. The van der Waals surface area contributed by atoms with Crippen molar-refractivity contribution in [1.82, 2.24) is 0 Å². The van der Waals surface area contributed by atoms with Gasteiger partial charge in [0.15, 0.2) is 0 Å². The molecule has 1 aliphatic rings. The van der Waals surface area contributed by atoms with E-state index < -0.39 is 0 Å². The van der Waals surface area contributed by atoms with Gasteiger partial charge in [-0.3, -0.25) is 0 Å². The number of ether oxygens (including phenoxy) is 2. The first-order valence-electron chi connectivity index (χ1n) is 6.81. The second kappa shape index (κ2) is 6.10. The first-order valence-corrected chi connectivity index (χ1v) is 6.81. The fourth-order valence-electron chi connectivity index (χ4n) is 2.48. The van der Waals surface area contributed by atoms with Crippen LogP contribution in [0.1, 0.15) is 50.6 Å². The lowest BCUT2D eigenvalue weighted by Crippen LogP contribution is -2.21. The van der Waals surface area contributed by atoms with Crippen LogP contribution in [0, 0.1) is 0 Å². The summed E-state index contributed by atoms with van der Waals surface area (Å²) < 4.78 is 11.4. The topological polar surface area (TPSA) is 44.5 Å². The Kier molecular flexibility index (Phi) is 4.48. The molecule has 0 aromatic heterocycles. The van der Waals surface area contributed by atoms with E-state index in [9.17, 15) is 0 Å². The zero-order chi connectivity index (χ0) is 13.0. The van der Waals surface area contributed by atoms with E-state index in [1.165, 1.54) is 19.3 Å². The number of rotatable bonds is 4. The Labute approximate surface area is 109 Å². The maximum absolute atomic E-state index is 6.13. The van der Waals surface area contributed by atoms with Crippen LogP contribution in [0.4, 0.5) is 0 Å². The van der Waals surface area contributed by atoms with E-state index in [2.05, 4.69) is 0 Å². The lowest BCUT2D eigenvalue weighted by Gasteiger charge is -2.25. The van der Waals surface area contributed by atoms with Crippen LogP contribution in [0.15, 0.2) is 18.2 Å². The molecule has 1 saturated carbocycles. The van der Waals surface area contributed by atoms with Crippen molar-refractivity contribution in [3.8, 4) is 11.5 Å². The van der Waals surface area contributed by atoms with E-state index >= 15 is 0 Å². The Morgan fingerprint density at radius 3 is 2.56 bits per heavy atom. The molecule has 2 N–H and O–H groups in total. The molecule has 0 heterocycles. The highest BCUT2D eigenvalue weighted by Gasteiger charge is 2.18. The van der Waals surface area contributed by atoms with Crippen LogP contribution in [-0.4, -0.2) is 13.2 Å². The van der Waals surface area contributed by atoms with Gasteiger partial charge in [0.25, 0.3) is 0 Å². The summed E-state index contributed by atoms with van der Waals surface area (Å²) in [6, 6.07) is 5.87. The van der Waals surface area contributed by atoms with Gasteiger partial charge in [-0.05, 0) is 38.7 Å². The van der Waals surface area contributed by atoms with Gasteiger partial charge >= 0.3 is 0 Å². The summed E-state index contributed by atoms with van der Waals surface area (Å²) in [6.45, 7) is 1.98. The number of hydrogen-bond acceptors (Lipinski definition) is 3. The molecule has 18 heavy (non-hydrogen) atoms. The maximum Gasteiger partial charge on any atom is 0.128 e. The third kappa shape index (κ3) is 3.16. The van der Waals surface area contributed by atoms with Crippen molar-refractivity contribution in [2.45, 2.75) is 51.2 Å². The molecule has 0 amide bonds. The van der Waals surface area contributed by atoms with E-state index in [0.717, 1.165) is 29.9 Å². The molecule has 1 atom stereocenters. The number of benzene rings is 1. The Morgan fingerprint density at radius 2 is 1.94 bits per heavy atom. The lowest BCUT2D eigenvalue weighted by molar-refractivity contribution is 0.152. The van der Waals surface area contributed by atoms with Crippen LogP contribution in [0.3, 0.4) is 0 Å². The summed E-state index contributed by atoms with van der Waals surface area (Å²) in [4.78, 5) is 0. The quantitative estimate of drug-likeness (QED) is 0.889. The van der Waals surface area contributed by atoms with E-state index in [1.807, 2.05) is 25.1 Å². The molecule has 1 aliphatic carbocycles. The van der Waals surface area contributed by atoms with Crippen LogP contribution in [0.25, 0.3) is 0 Å². The highest BCUT2D eigenvalue weighted by Crippen LogP contribution is 2.31. The zero-order valence-corrected chi connectivity index (χ0v) is 11.3. The normalized spacial score (nSPS) is 18.4. The van der Waals surface area contributed by atoms with Crippen LogP contribution in [0.2, 0.25) is 0 Å². The average Bonchev–Trinajstić information content (AvgIpc) is 2.39. The predicted octanol–water partition coefficient (Wildman–Crippen LogP) is 3.43. The fraction of sp³-hybridized carbons (Fsp3) is 0.600. The second-order valence-electron chi connectivity index (χ2n) is 5.07. The number of methoxy groups -OCH3 is 1. The Bertz CT molecular complexity index is 384. The molecule has 2 rings (SSSR count). The highest BCUT2D eigenvalue weighted by molar-refractivity contribution is 5.42. The highest BCUT2D eigenvalue weighted by atomic mass is 16.5. The van der Waals surface area contributed by atoms with Crippen molar-refractivity contribution in [1.29, 1.82) is 0 Å². The molecule has 0 spiro atoms. The maximum atomic E-state index is 6.13. The number of nitrogens with two attached hydrogens (primary N) is 1. The van der Waals surface area contributed by atoms with Crippen molar-refractivity contribution in [3.05, 3.63) is 23.8 Å². The van der Waals surface area contributed by atoms with Crippen molar-refractivity contribution in [2.75, 3.05) is 7.11 Å². The van der Waals surface area contributed by atoms with Crippen molar-refractivity contribution < 1.29 is 9.47 Å². The van der Waals surface area contributed by atoms with Crippen molar-refractivity contribution in [3.63, 3.8) is 0 Å². The average molecular weight is 249 g/mol. The molecule has 3 heteroatoms. The van der Waals surface area contributed by atoms with Gasteiger partial charge in [0.1, 0.15) is 11.5 Å². The van der Waals surface area contributed by atoms with Crippen LogP contribution in [0.5, 0.6) is 11.5 Å². The Morgan fingerprint density at radius 1 is 1.22 bits per heavy atom. The van der Waals surface area contributed by atoms with Crippen LogP contribution >= 0.6 is 0 Å². The molecular formula is C15H23NO2. The van der Waals surface area contributed by atoms with Gasteiger partial charge in [0.2, 0.25) is 0 Å². The van der Waals surface area contributed by atoms with Gasteiger partial charge in [-0.25, -0.2) is 0 Å². The second-order valence-corrected chi connectivity index (χ2v) is 5.07. The third-order valence-electron chi connectivity index (χ3n) is 3.56. The first-order chi connectivity index (χ1) is 8.70. The molecule has 0 saturated heterocycles. The minimum absolute atomic E-state index is 0.0190. The summed E-state index contributed by atoms with van der Waals surface area (Å²) >= 11 is 0. The summed E-state index contributed by atoms with van der Waals surface area (Å²) in [7, 11) is 1.67. The Hall–Kier alpha value is -1.22. The minimum Gasteiger partial charge on any atom is -0.497 e. The molecule has 100 valence electrons. The molecule has 0 bridgehead atoms. The minimum atomic E-state index is -0.0190. The van der Waals surface area contributed by atoms with Crippen LogP contribution < -0.4 is 15.2 Å².